The van der Waals surface area contributed by atoms with Crippen molar-refractivity contribution in [1.29, 1.82) is 0 Å². The van der Waals surface area contributed by atoms with Gasteiger partial charge in [0, 0.05) is 25.3 Å². The number of aryl methyl sites for hydroxylation is 1. The van der Waals surface area contributed by atoms with Gasteiger partial charge in [0.25, 0.3) is 5.56 Å². The predicted molar refractivity (Wildman–Crippen MR) is 111 cm³/mol. The van der Waals surface area contributed by atoms with E-state index in [2.05, 4.69) is 50.0 Å². The summed E-state index contributed by atoms with van der Waals surface area (Å²) < 4.78 is 0. The first kappa shape index (κ1) is 20.3. The first-order chi connectivity index (χ1) is 13.5. The van der Waals surface area contributed by atoms with Gasteiger partial charge in [-0.05, 0) is 25.3 Å². The van der Waals surface area contributed by atoms with Crippen LogP contribution < -0.4 is 5.56 Å². The zero-order valence-corrected chi connectivity index (χ0v) is 17.3. The molecule has 2 heterocycles. The normalized spacial score (nSPS) is 14.6. The summed E-state index contributed by atoms with van der Waals surface area (Å²) in [6.07, 6.45) is 5.21. The molecule has 0 saturated carbocycles. The summed E-state index contributed by atoms with van der Waals surface area (Å²) in [5.41, 5.74) is 3.73. The van der Waals surface area contributed by atoms with Gasteiger partial charge in [0.1, 0.15) is 5.82 Å². The van der Waals surface area contributed by atoms with Crippen molar-refractivity contribution >= 4 is 5.91 Å². The molecule has 0 saturated heterocycles. The molecule has 0 aliphatic carbocycles. The number of nitrogens with zero attached hydrogens (tertiary/aromatic N) is 2. The summed E-state index contributed by atoms with van der Waals surface area (Å²) in [4.78, 5) is 35.0. The maximum Gasteiger partial charge on any atom is 0.256 e. The van der Waals surface area contributed by atoms with Gasteiger partial charge < -0.3 is 9.88 Å². The van der Waals surface area contributed by atoms with Crippen LogP contribution in [-0.2, 0) is 24.2 Å². The molecule has 1 aromatic heterocycles. The molecule has 0 fully saturated rings. The SMILES string of the molecule is CCCC[C@@H](CC)C(=O)N1CCc2nc(Cc3ccc(C)cc3)[nH]c(=O)c2C1. The number of nitrogens with one attached hydrogen (secondary N) is 1. The average Bonchev–Trinajstić information content (AvgIpc) is 2.70. The monoisotopic (exact) mass is 381 g/mol. The number of aromatic amines is 1. The van der Waals surface area contributed by atoms with E-state index in [0.29, 0.717) is 37.3 Å². The number of carbonyl (C=O) groups excluding carboxylic acids is 1. The molecule has 150 valence electrons. The fraction of sp³-hybridized carbons (Fsp3) is 0.522. The molecule has 1 atom stereocenters. The minimum atomic E-state index is -0.105. The minimum absolute atomic E-state index is 0.0642. The molecule has 0 radical (unpaired) electrons. The number of aromatic nitrogens is 2. The Morgan fingerprint density at radius 2 is 2.00 bits per heavy atom. The van der Waals surface area contributed by atoms with Crippen molar-refractivity contribution in [3.63, 3.8) is 0 Å². The number of hydrogen-bond donors (Lipinski definition) is 1. The molecule has 0 spiro atoms. The van der Waals surface area contributed by atoms with Crippen molar-refractivity contribution in [2.24, 2.45) is 5.92 Å². The van der Waals surface area contributed by atoms with Gasteiger partial charge in [-0.15, -0.1) is 0 Å². The van der Waals surface area contributed by atoms with Gasteiger partial charge >= 0.3 is 0 Å². The van der Waals surface area contributed by atoms with Crippen LogP contribution in [0.2, 0.25) is 0 Å². The topological polar surface area (TPSA) is 66.1 Å². The second-order valence-electron chi connectivity index (χ2n) is 7.86. The number of benzene rings is 1. The fourth-order valence-electron chi connectivity index (χ4n) is 3.86. The molecular formula is C23H31N3O2. The maximum atomic E-state index is 12.9. The van der Waals surface area contributed by atoms with Crippen LogP contribution in [0.5, 0.6) is 0 Å². The van der Waals surface area contributed by atoms with E-state index in [1.165, 1.54) is 5.56 Å². The summed E-state index contributed by atoms with van der Waals surface area (Å²) in [7, 11) is 0. The van der Waals surface area contributed by atoms with Gasteiger partial charge in [-0.1, -0.05) is 56.5 Å². The maximum absolute atomic E-state index is 12.9. The third kappa shape index (κ3) is 4.70. The summed E-state index contributed by atoms with van der Waals surface area (Å²) in [5.74, 6) is 0.945. The second-order valence-corrected chi connectivity index (χ2v) is 7.86. The lowest BCUT2D eigenvalue weighted by atomic mass is 9.96. The zero-order valence-electron chi connectivity index (χ0n) is 17.3. The molecule has 0 unspecified atom stereocenters. The highest BCUT2D eigenvalue weighted by atomic mass is 16.2. The van der Waals surface area contributed by atoms with Crippen molar-refractivity contribution in [2.45, 2.75) is 65.8 Å². The molecule has 1 amide bonds. The number of rotatable bonds is 7. The van der Waals surface area contributed by atoms with Crippen molar-refractivity contribution in [1.82, 2.24) is 14.9 Å². The Labute approximate surface area is 167 Å². The number of H-pyrrole nitrogens is 1. The molecule has 0 bridgehead atoms. The van der Waals surface area contributed by atoms with E-state index in [-0.39, 0.29) is 17.4 Å². The zero-order chi connectivity index (χ0) is 20.1. The van der Waals surface area contributed by atoms with Crippen molar-refractivity contribution in [2.75, 3.05) is 6.54 Å². The Balaban J connectivity index is 1.74. The fourth-order valence-corrected chi connectivity index (χ4v) is 3.86. The largest absolute Gasteiger partial charge is 0.337 e. The van der Waals surface area contributed by atoms with Gasteiger partial charge in [0.15, 0.2) is 0 Å². The third-order valence-corrected chi connectivity index (χ3v) is 5.67. The number of fused-ring (bicyclic) bond motifs is 1. The van der Waals surface area contributed by atoms with E-state index in [9.17, 15) is 9.59 Å². The number of amides is 1. The first-order valence-electron chi connectivity index (χ1n) is 10.5. The van der Waals surface area contributed by atoms with E-state index in [1.54, 1.807) is 0 Å². The van der Waals surface area contributed by atoms with Crippen molar-refractivity contribution < 1.29 is 4.79 Å². The Hall–Kier alpha value is -2.43. The van der Waals surface area contributed by atoms with Crippen LogP contribution in [0.4, 0.5) is 0 Å². The number of hydrogen-bond acceptors (Lipinski definition) is 3. The van der Waals surface area contributed by atoms with Gasteiger partial charge in [0.2, 0.25) is 5.91 Å². The van der Waals surface area contributed by atoms with E-state index in [4.69, 9.17) is 4.98 Å². The van der Waals surface area contributed by atoms with Gasteiger partial charge in [0.05, 0.1) is 17.8 Å². The van der Waals surface area contributed by atoms with Crippen LogP contribution >= 0.6 is 0 Å². The molecule has 1 aromatic carbocycles. The third-order valence-electron chi connectivity index (χ3n) is 5.67. The van der Waals surface area contributed by atoms with Crippen molar-refractivity contribution in [3.05, 3.63) is 62.8 Å². The molecule has 1 aliphatic heterocycles. The molecule has 1 aliphatic rings. The summed E-state index contributed by atoms with van der Waals surface area (Å²) in [6, 6.07) is 8.27. The molecule has 3 rings (SSSR count). The highest BCUT2D eigenvalue weighted by Crippen LogP contribution is 2.21. The summed E-state index contributed by atoms with van der Waals surface area (Å²) in [5, 5.41) is 0. The lowest BCUT2D eigenvalue weighted by Gasteiger charge is -2.31. The van der Waals surface area contributed by atoms with Gasteiger partial charge in [-0.2, -0.15) is 0 Å². The van der Waals surface area contributed by atoms with Crippen LogP contribution in [0.25, 0.3) is 0 Å². The smallest absolute Gasteiger partial charge is 0.256 e. The summed E-state index contributed by atoms with van der Waals surface area (Å²) in [6.45, 7) is 7.30. The van der Waals surface area contributed by atoms with Crippen LogP contribution in [-0.4, -0.2) is 27.3 Å². The molecule has 1 N–H and O–H groups in total. The average molecular weight is 382 g/mol. The quantitative estimate of drug-likeness (QED) is 0.794. The first-order valence-corrected chi connectivity index (χ1v) is 10.5. The number of carbonyl (C=O) groups is 1. The van der Waals surface area contributed by atoms with E-state index < -0.39 is 0 Å². The Bertz CT molecular complexity index is 870. The van der Waals surface area contributed by atoms with Gasteiger partial charge in [-0.25, -0.2) is 4.98 Å². The second kappa shape index (κ2) is 9.18. The highest BCUT2D eigenvalue weighted by molar-refractivity contribution is 5.79. The Morgan fingerprint density at radius 1 is 1.25 bits per heavy atom. The molecule has 5 nitrogen and oxygen atoms in total. The standard InChI is InChI=1S/C23H31N3O2/c1-4-6-7-18(5-2)23(28)26-13-12-20-19(15-26)22(27)25-21(24-20)14-17-10-8-16(3)9-11-17/h8-11,18H,4-7,12-15H2,1-3H3,(H,24,25,27)/t18-/m1/s1. The lowest BCUT2D eigenvalue weighted by Crippen LogP contribution is -2.42. The van der Waals surface area contributed by atoms with Crippen LogP contribution in [0, 0.1) is 12.8 Å². The van der Waals surface area contributed by atoms with E-state index in [0.717, 1.165) is 36.9 Å². The summed E-state index contributed by atoms with van der Waals surface area (Å²) >= 11 is 0. The van der Waals surface area contributed by atoms with Crippen LogP contribution in [0.3, 0.4) is 0 Å². The van der Waals surface area contributed by atoms with Gasteiger partial charge in [-0.3, -0.25) is 9.59 Å². The van der Waals surface area contributed by atoms with Crippen LogP contribution in [0.1, 0.15) is 67.7 Å². The van der Waals surface area contributed by atoms with Crippen LogP contribution in [0.15, 0.2) is 29.1 Å². The molecule has 28 heavy (non-hydrogen) atoms. The lowest BCUT2D eigenvalue weighted by molar-refractivity contribution is -0.136. The predicted octanol–water partition coefficient (Wildman–Crippen LogP) is 3.77. The van der Waals surface area contributed by atoms with E-state index in [1.807, 2.05) is 4.90 Å². The Kier molecular flexibility index (Phi) is 6.65. The minimum Gasteiger partial charge on any atom is -0.337 e. The molecule has 5 heteroatoms. The molecule has 2 aromatic rings. The molecular weight excluding hydrogens is 350 g/mol. The number of unbranched alkanes of at least 4 members (excludes halogenated alkanes) is 1. The highest BCUT2D eigenvalue weighted by Gasteiger charge is 2.28. The van der Waals surface area contributed by atoms with E-state index >= 15 is 0 Å². The Morgan fingerprint density at radius 3 is 2.68 bits per heavy atom. The van der Waals surface area contributed by atoms with Crippen molar-refractivity contribution in [3.8, 4) is 0 Å².